The molecule has 1 aliphatic carbocycles. The summed E-state index contributed by atoms with van der Waals surface area (Å²) in [5.74, 6) is 0.912. The van der Waals surface area contributed by atoms with Crippen molar-refractivity contribution >= 4 is 11.7 Å². The minimum Gasteiger partial charge on any atom is -0.368 e. The van der Waals surface area contributed by atoms with Crippen molar-refractivity contribution in [2.75, 3.05) is 18.4 Å². The number of fused-ring (bicyclic) bond motifs is 1. The van der Waals surface area contributed by atoms with Gasteiger partial charge in [-0.15, -0.1) is 0 Å². The predicted molar refractivity (Wildman–Crippen MR) is 63.4 cm³/mol. The second kappa shape index (κ2) is 4.96. The Kier molecular flexibility index (Phi) is 3.39. The van der Waals surface area contributed by atoms with Gasteiger partial charge >= 0.3 is 0 Å². The largest absolute Gasteiger partial charge is 0.368 e. The number of amides is 1. The summed E-state index contributed by atoms with van der Waals surface area (Å²) in [5.41, 5.74) is 2.61. The van der Waals surface area contributed by atoms with Crippen molar-refractivity contribution in [1.82, 2.24) is 10.3 Å². The van der Waals surface area contributed by atoms with E-state index in [0.717, 1.165) is 18.7 Å². The topological polar surface area (TPSA) is 54.0 Å². The van der Waals surface area contributed by atoms with E-state index in [-0.39, 0.29) is 5.91 Å². The van der Waals surface area contributed by atoms with E-state index in [1.807, 2.05) is 6.07 Å². The molecule has 0 bridgehead atoms. The number of nitrogens with zero attached hydrogens (tertiary/aromatic N) is 1. The third-order valence-corrected chi connectivity index (χ3v) is 2.73. The first-order chi connectivity index (χ1) is 7.75. The number of aryl methyl sites for hydroxylation is 2. The molecule has 0 unspecified atom stereocenters. The van der Waals surface area contributed by atoms with Gasteiger partial charge in [0.1, 0.15) is 5.82 Å². The minimum absolute atomic E-state index is 0.00344. The van der Waals surface area contributed by atoms with E-state index in [1.165, 1.54) is 24.6 Å². The highest BCUT2D eigenvalue weighted by Gasteiger charge is 2.11. The number of nitrogens with one attached hydrogen (secondary N) is 2. The molecule has 1 aromatic heterocycles. The Hall–Kier alpha value is -1.58. The Morgan fingerprint density at radius 3 is 3.06 bits per heavy atom. The molecule has 1 aliphatic rings. The summed E-state index contributed by atoms with van der Waals surface area (Å²) >= 11 is 0. The molecule has 1 aromatic rings. The predicted octanol–water partition coefficient (Wildman–Crippen LogP) is 1.12. The number of anilines is 1. The van der Waals surface area contributed by atoms with Crippen LogP contribution in [0.3, 0.4) is 0 Å². The summed E-state index contributed by atoms with van der Waals surface area (Å²) in [7, 11) is 0. The van der Waals surface area contributed by atoms with Gasteiger partial charge in [-0.2, -0.15) is 0 Å². The number of pyridine rings is 1. The van der Waals surface area contributed by atoms with Crippen LogP contribution in [0.2, 0.25) is 0 Å². The quantitative estimate of drug-likeness (QED) is 0.746. The number of hydrogen-bond acceptors (Lipinski definition) is 3. The Morgan fingerprint density at radius 2 is 2.25 bits per heavy atom. The monoisotopic (exact) mass is 219 g/mol. The highest BCUT2D eigenvalue weighted by molar-refractivity contribution is 5.72. The molecule has 0 saturated carbocycles. The summed E-state index contributed by atoms with van der Waals surface area (Å²) in [6.45, 7) is 2.87. The van der Waals surface area contributed by atoms with Gasteiger partial charge in [-0.1, -0.05) is 6.07 Å². The number of carbonyl (C=O) groups excluding carboxylic acids is 1. The fraction of sp³-hybridized carbons (Fsp3) is 0.500. The van der Waals surface area contributed by atoms with Gasteiger partial charge in [0.2, 0.25) is 5.91 Å². The number of hydrogen-bond donors (Lipinski definition) is 2. The fourth-order valence-electron chi connectivity index (χ4n) is 1.95. The first-order valence-electron chi connectivity index (χ1n) is 5.73. The van der Waals surface area contributed by atoms with Crippen molar-refractivity contribution in [3.8, 4) is 0 Å². The Morgan fingerprint density at radius 1 is 1.38 bits per heavy atom. The minimum atomic E-state index is 0.00344. The average molecular weight is 219 g/mol. The lowest BCUT2D eigenvalue weighted by Crippen LogP contribution is -2.26. The van der Waals surface area contributed by atoms with Gasteiger partial charge in [-0.05, 0) is 30.9 Å². The van der Waals surface area contributed by atoms with Gasteiger partial charge in [0.25, 0.3) is 0 Å². The molecule has 86 valence electrons. The molecule has 4 heteroatoms. The lowest BCUT2D eigenvalue weighted by Gasteiger charge is -2.07. The molecule has 1 heterocycles. The van der Waals surface area contributed by atoms with Crippen LogP contribution in [0.25, 0.3) is 0 Å². The van der Waals surface area contributed by atoms with Crippen molar-refractivity contribution in [2.24, 2.45) is 0 Å². The van der Waals surface area contributed by atoms with Gasteiger partial charge in [0.05, 0.1) is 0 Å². The number of aromatic nitrogens is 1. The van der Waals surface area contributed by atoms with Gasteiger partial charge < -0.3 is 10.6 Å². The van der Waals surface area contributed by atoms with Crippen molar-refractivity contribution < 1.29 is 4.79 Å². The molecule has 1 amide bonds. The van der Waals surface area contributed by atoms with E-state index in [2.05, 4.69) is 21.7 Å². The molecule has 4 nitrogen and oxygen atoms in total. The van der Waals surface area contributed by atoms with Crippen LogP contribution in [0.15, 0.2) is 12.1 Å². The van der Waals surface area contributed by atoms with Crippen LogP contribution in [0.4, 0.5) is 5.82 Å². The van der Waals surface area contributed by atoms with Gasteiger partial charge in [0, 0.05) is 25.7 Å². The third-order valence-electron chi connectivity index (χ3n) is 2.73. The fourth-order valence-corrected chi connectivity index (χ4v) is 1.95. The zero-order valence-corrected chi connectivity index (χ0v) is 9.55. The van der Waals surface area contributed by atoms with Crippen molar-refractivity contribution in [3.05, 3.63) is 23.4 Å². The molecular weight excluding hydrogens is 202 g/mol. The second-order valence-corrected chi connectivity index (χ2v) is 4.07. The molecule has 0 fully saturated rings. The van der Waals surface area contributed by atoms with Gasteiger partial charge in [-0.25, -0.2) is 4.98 Å². The summed E-state index contributed by atoms with van der Waals surface area (Å²) < 4.78 is 0. The van der Waals surface area contributed by atoms with E-state index in [1.54, 1.807) is 0 Å². The number of rotatable bonds is 4. The first-order valence-corrected chi connectivity index (χ1v) is 5.73. The standard InChI is InChI=1S/C12H17N3O/c1-9(16)13-7-8-14-12-6-5-10-3-2-4-11(10)15-12/h5-6H,2-4,7-8H2,1H3,(H,13,16)(H,14,15). The van der Waals surface area contributed by atoms with Crippen LogP contribution < -0.4 is 10.6 Å². The van der Waals surface area contributed by atoms with Crippen molar-refractivity contribution in [2.45, 2.75) is 26.2 Å². The average Bonchev–Trinajstić information content (AvgIpc) is 2.71. The summed E-state index contributed by atoms with van der Waals surface area (Å²) in [4.78, 5) is 15.2. The van der Waals surface area contributed by atoms with E-state index in [4.69, 9.17) is 0 Å². The number of carbonyl (C=O) groups is 1. The van der Waals surface area contributed by atoms with E-state index < -0.39 is 0 Å². The Balaban J connectivity index is 1.83. The summed E-state index contributed by atoms with van der Waals surface area (Å²) in [5, 5.41) is 5.94. The van der Waals surface area contributed by atoms with Gasteiger partial charge in [-0.3, -0.25) is 4.79 Å². The molecule has 2 N–H and O–H groups in total. The molecule has 16 heavy (non-hydrogen) atoms. The van der Waals surface area contributed by atoms with E-state index in [9.17, 15) is 4.79 Å². The highest BCUT2D eigenvalue weighted by Crippen LogP contribution is 2.21. The molecule has 0 spiro atoms. The van der Waals surface area contributed by atoms with Crippen LogP contribution >= 0.6 is 0 Å². The van der Waals surface area contributed by atoms with Gasteiger partial charge in [0.15, 0.2) is 0 Å². The smallest absolute Gasteiger partial charge is 0.216 e. The van der Waals surface area contributed by atoms with Crippen LogP contribution in [-0.4, -0.2) is 24.0 Å². The normalized spacial score (nSPS) is 13.3. The maximum Gasteiger partial charge on any atom is 0.216 e. The zero-order chi connectivity index (χ0) is 11.4. The molecule has 2 rings (SSSR count). The van der Waals surface area contributed by atoms with E-state index in [0.29, 0.717) is 13.1 Å². The second-order valence-electron chi connectivity index (χ2n) is 4.07. The first kappa shape index (κ1) is 10.9. The lowest BCUT2D eigenvalue weighted by molar-refractivity contribution is -0.118. The molecule has 0 saturated heterocycles. The Labute approximate surface area is 95.5 Å². The van der Waals surface area contributed by atoms with Crippen LogP contribution in [0, 0.1) is 0 Å². The SMILES string of the molecule is CC(=O)NCCNc1ccc2c(n1)CCC2. The maximum absolute atomic E-state index is 10.7. The lowest BCUT2D eigenvalue weighted by atomic mass is 10.2. The van der Waals surface area contributed by atoms with E-state index >= 15 is 0 Å². The summed E-state index contributed by atoms with van der Waals surface area (Å²) in [6, 6.07) is 4.16. The zero-order valence-electron chi connectivity index (χ0n) is 9.55. The van der Waals surface area contributed by atoms with Crippen LogP contribution in [0.5, 0.6) is 0 Å². The molecule has 0 radical (unpaired) electrons. The third kappa shape index (κ3) is 2.72. The molecular formula is C12H17N3O. The Bertz CT molecular complexity index is 390. The van der Waals surface area contributed by atoms with Crippen LogP contribution in [0.1, 0.15) is 24.6 Å². The molecule has 0 aliphatic heterocycles. The maximum atomic E-state index is 10.7. The molecule has 0 aromatic carbocycles. The highest BCUT2D eigenvalue weighted by atomic mass is 16.1. The van der Waals surface area contributed by atoms with Crippen LogP contribution in [-0.2, 0) is 17.6 Å². The van der Waals surface area contributed by atoms with Crippen molar-refractivity contribution in [1.29, 1.82) is 0 Å². The van der Waals surface area contributed by atoms with Crippen molar-refractivity contribution in [3.63, 3.8) is 0 Å². The molecule has 0 atom stereocenters. The summed E-state index contributed by atoms with van der Waals surface area (Å²) in [6.07, 6.45) is 3.47.